The van der Waals surface area contributed by atoms with Crippen LogP contribution in [0.3, 0.4) is 0 Å². The van der Waals surface area contributed by atoms with E-state index in [1.165, 1.54) is 12.8 Å². The first-order valence-corrected chi connectivity index (χ1v) is 9.65. The topological polar surface area (TPSA) is 44.8 Å². The van der Waals surface area contributed by atoms with Gasteiger partial charge < -0.3 is 10.1 Å². The van der Waals surface area contributed by atoms with E-state index in [9.17, 15) is 4.79 Å². The van der Waals surface area contributed by atoms with Gasteiger partial charge in [-0.15, -0.1) is 0 Å². The molecule has 0 spiro atoms. The fraction of sp³-hybridized carbons (Fsp3) is 0.632. The molecule has 1 heterocycles. The Morgan fingerprint density at radius 1 is 1.12 bits per heavy atom. The van der Waals surface area contributed by atoms with Crippen molar-refractivity contribution in [1.82, 2.24) is 15.1 Å². The summed E-state index contributed by atoms with van der Waals surface area (Å²) in [5.41, 5.74) is 0. The third-order valence-corrected chi connectivity index (χ3v) is 4.68. The summed E-state index contributed by atoms with van der Waals surface area (Å²) in [4.78, 5) is 16.5. The maximum atomic E-state index is 11.9. The molecule has 0 aromatic heterocycles. The first-order valence-electron chi connectivity index (χ1n) is 9.27. The molecule has 0 atom stereocenters. The predicted molar refractivity (Wildman–Crippen MR) is 102 cm³/mol. The van der Waals surface area contributed by atoms with Crippen LogP contribution >= 0.6 is 11.6 Å². The number of hydrogen-bond donors (Lipinski definition) is 1. The number of halogens is 1. The molecule has 1 fully saturated rings. The molecule has 0 radical (unpaired) electrons. The zero-order valence-corrected chi connectivity index (χ0v) is 15.9. The van der Waals surface area contributed by atoms with E-state index in [-0.39, 0.29) is 5.91 Å². The molecule has 25 heavy (non-hydrogen) atoms. The van der Waals surface area contributed by atoms with Crippen molar-refractivity contribution >= 4 is 17.5 Å². The normalized spacial score (nSPS) is 15.9. The average Bonchev–Trinajstić information content (AvgIpc) is 2.62. The lowest BCUT2D eigenvalue weighted by molar-refractivity contribution is -0.122. The number of ether oxygens (including phenoxy) is 1. The van der Waals surface area contributed by atoms with Gasteiger partial charge in [0, 0.05) is 44.3 Å². The van der Waals surface area contributed by atoms with Gasteiger partial charge in [0.2, 0.25) is 5.91 Å². The lowest BCUT2D eigenvalue weighted by atomic mass is 10.2. The van der Waals surface area contributed by atoms with Crippen molar-refractivity contribution in [3.63, 3.8) is 0 Å². The van der Waals surface area contributed by atoms with Crippen LogP contribution in [0.25, 0.3) is 0 Å². The van der Waals surface area contributed by atoms with Gasteiger partial charge in [0.25, 0.3) is 0 Å². The predicted octanol–water partition coefficient (Wildman–Crippen LogP) is 2.64. The van der Waals surface area contributed by atoms with Gasteiger partial charge in [0.05, 0.1) is 6.54 Å². The molecule has 0 unspecified atom stereocenters. The Balaban J connectivity index is 1.55. The largest absolute Gasteiger partial charge is 0.492 e. The molecule has 1 saturated heterocycles. The maximum Gasteiger partial charge on any atom is 0.234 e. The molecule has 1 N–H and O–H groups in total. The third-order valence-electron chi connectivity index (χ3n) is 4.42. The van der Waals surface area contributed by atoms with Crippen LogP contribution in [0, 0.1) is 0 Å². The van der Waals surface area contributed by atoms with Gasteiger partial charge in [0.15, 0.2) is 0 Å². The molecule has 1 aliphatic rings. The van der Waals surface area contributed by atoms with Crippen LogP contribution in [-0.2, 0) is 4.79 Å². The van der Waals surface area contributed by atoms with Crippen molar-refractivity contribution in [2.75, 3.05) is 52.4 Å². The number of carbonyl (C=O) groups excluding carboxylic acids is 1. The Bertz CT molecular complexity index is 502. The number of amides is 1. The van der Waals surface area contributed by atoms with Crippen LogP contribution in [-0.4, -0.2) is 68.1 Å². The van der Waals surface area contributed by atoms with Gasteiger partial charge in [-0.2, -0.15) is 0 Å². The molecule has 2 rings (SSSR count). The second-order valence-electron chi connectivity index (χ2n) is 6.48. The number of piperazine rings is 1. The van der Waals surface area contributed by atoms with E-state index in [1.54, 1.807) is 0 Å². The van der Waals surface area contributed by atoms with Gasteiger partial charge >= 0.3 is 0 Å². The molecule has 0 bridgehead atoms. The van der Waals surface area contributed by atoms with Crippen LogP contribution < -0.4 is 10.1 Å². The van der Waals surface area contributed by atoms with E-state index >= 15 is 0 Å². The minimum absolute atomic E-state index is 0.149. The smallest absolute Gasteiger partial charge is 0.234 e. The van der Waals surface area contributed by atoms with Gasteiger partial charge in [-0.05, 0) is 30.7 Å². The number of hydrogen-bond acceptors (Lipinski definition) is 4. The number of benzene rings is 1. The van der Waals surface area contributed by atoms with E-state index in [4.69, 9.17) is 16.3 Å². The van der Waals surface area contributed by atoms with Gasteiger partial charge in [0.1, 0.15) is 12.4 Å². The van der Waals surface area contributed by atoms with E-state index in [0.29, 0.717) is 13.2 Å². The summed E-state index contributed by atoms with van der Waals surface area (Å²) in [6.07, 6.45) is 3.43. The lowest BCUT2D eigenvalue weighted by Gasteiger charge is -2.34. The van der Waals surface area contributed by atoms with E-state index in [2.05, 4.69) is 22.0 Å². The molecule has 1 aliphatic heterocycles. The molecular formula is C19H30ClN3O2. The summed E-state index contributed by atoms with van der Waals surface area (Å²) in [5.74, 6) is 0.999. The number of unbranched alkanes of at least 4 members (excludes halogenated alkanes) is 2. The Morgan fingerprint density at radius 3 is 2.48 bits per heavy atom. The second-order valence-corrected chi connectivity index (χ2v) is 6.91. The van der Waals surface area contributed by atoms with Crippen molar-refractivity contribution in [3.8, 4) is 5.75 Å². The maximum absolute atomic E-state index is 11.9. The van der Waals surface area contributed by atoms with Crippen molar-refractivity contribution in [1.29, 1.82) is 0 Å². The number of carbonyl (C=O) groups is 1. The Morgan fingerprint density at radius 2 is 1.80 bits per heavy atom. The minimum atomic E-state index is 0.149. The number of nitrogens with one attached hydrogen (secondary N) is 1. The van der Waals surface area contributed by atoms with Crippen LogP contribution in [0.4, 0.5) is 0 Å². The Kier molecular flexibility index (Phi) is 9.08. The molecule has 1 amide bonds. The first-order chi connectivity index (χ1) is 12.2. The van der Waals surface area contributed by atoms with Crippen molar-refractivity contribution < 1.29 is 9.53 Å². The molecule has 6 heteroatoms. The van der Waals surface area contributed by atoms with Gasteiger partial charge in [-0.1, -0.05) is 31.4 Å². The lowest BCUT2D eigenvalue weighted by Crippen LogP contribution is -2.50. The molecule has 0 aliphatic carbocycles. The Labute approximate surface area is 156 Å². The highest BCUT2D eigenvalue weighted by molar-refractivity contribution is 6.30. The summed E-state index contributed by atoms with van der Waals surface area (Å²) in [6.45, 7) is 8.88. The summed E-state index contributed by atoms with van der Waals surface area (Å²) < 4.78 is 5.74. The van der Waals surface area contributed by atoms with E-state index in [1.807, 2.05) is 24.3 Å². The molecule has 5 nitrogen and oxygen atoms in total. The third kappa shape index (κ3) is 8.08. The van der Waals surface area contributed by atoms with Crippen molar-refractivity contribution in [2.45, 2.75) is 26.2 Å². The van der Waals surface area contributed by atoms with Crippen LogP contribution in [0.5, 0.6) is 5.75 Å². The monoisotopic (exact) mass is 367 g/mol. The van der Waals surface area contributed by atoms with Crippen LogP contribution in [0.1, 0.15) is 26.2 Å². The molecule has 0 saturated carbocycles. The van der Waals surface area contributed by atoms with Crippen molar-refractivity contribution in [2.24, 2.45) is 0 Å². The number of rotatable bonds is 10. The Hall–Kier alpha value is -1.30. The van der Waals surface area contributed by atoms with Crippen LogP contribution in [0.15, 0.2) is 24.3 Å². The zero-order chi connectivity index (χ0) is 17.9. The molecule has 140 valence electrons. The highest BCUT2D eigenvalue weighted by Gasteiger charge is 2.18. The van der Waals surface area contributed by atoms with Gasteiger partial charge in [-0.25, -0.2) is 0 Å². The first kappa shape index (κ1) is 20.0. The zero-order valence-electron chi connectivity index (χ0n) is 15.2. The second kappa shape index (κ2) is 11.3. The van der Waals surface area contributed by atoms with Crippen LogP contribution in [0.2, 0.25) is 5.02 Å². The fourth-order valence-corrected chi connectivity index (χ4v) is 2.98. The molecule has 1 aromatic carbocycles. The summed E-state index contributed by atoms with van der Waals surface area (Å²) in [5, 5.41) is 3.73. The van der Waals surface area contributed by atoms with E-state index < -0.39 is 0 Å². The average molecular weight is 368 g/mol. The SMILES string of the molecule is CCCCCNC(=O)CN1CCN(CCOc2ccc(Cl)cc2)CC1. The summed E-state index contributed by atoms with van der Waals surface area (Å²) in [6, 6.07) is 7.45. The molecular weight excluding hydrogens is 338 g/mol. The highest BCUT2D eigenvalue weighted by atomic mass is 35.5. The number of nitrogens with zero attached hydrogens (tertiary/aromatic N) is 2. The quantitative estimate of drug-likeness (QED) is 0.646. The van der Waals surface area contributed by atoms with E-state index in [0.717, 1.165) is 56.5 Å². The minimum Gasteiger partial charge on any atom is -0.492 e. The fourth-order valence-electron chi connectivity index (χ4n) is 2.86. The standard InChI is InChI=1S/C19H30ClN3O2/c1-2-3-4-9-21-19(24)16-23-12-10-22(11-13-23)14-15-25-18-7-5-17(20)6-8-18/h5-8H,2-4,9-16H2,1H3,(H,21,24). The van der Waals surface area contributed by atoms with Gasteiger partial charge in [-0.3, -0.25) is 14.6 Å². The summed E-state index contributed by atoms with van der Waals surface area (Å²) >= 11 is 5.86. The van der Waals surface area contributed by atoms with Crippen molar-refractivity contribution in [3.05, 3.63) is 29.3 Å². The summed E-state index contributed by atoms with van der Waals surface area (Å²) in [7, 11) is 0. The highest BCUT2D eigenvalue weighted by Crippen LogP contribution is 2.15. The molecule has 1 aromatic rings.